The van der Waals surface area contributed by atoms with Gasteiger partial charge in [-0.3, -0.25) is 14.5 Å². The van der Waals surface area contributed by atoms with E-state index in [1.54, 1.807) is 76.4 Å². The molecule has 8 heteroatoms. The van der Waals surface area contributed by atoms with E-state index >= 15 is 0 Å². The highest BCUT2D eigenvalue weighted by atomic mass is 16.6. The molecule has 0 aromatic heterocycles. The summed E-state index contributed by atoms with van der Waals surface area (Å²) in [6.07, 6.45) is 11.1. The number of ether oxygens (including phenoxy) is 2. The van der Waals surface area contributed by atoms with E-state index in [1.807, 2.05) is 13.8 Å². The maximum absolute atomic E-state index is 13.8. The van der Waals surface area contributed by atoms with Crippen LogP contribution in [0.2, 0.25) is 0 Å². The predicted octanol–water partition coefficient (Wildman–Crippen LogP) is 4.72. The zero-order valence-corrected chi connectivity index (χ0v) is 22.7. The molecule has 0 spiro atoms. The van der Waals surface area contributed by atoms with E-state index in [0.717, 1.165) is 4.90 Å². The van der Waals surface area contributed by atoms with Gasteiger partial charge < -0.3 is 20.1 Å². The number of hydrogen-bond acceptors (Lipinski definition) is 5. The summed E-state index contributed by atoms with van der Waals surface area (Å²) in [6.45, 7) is 8.86. The minimum Gasteiger partial charge on any atom is -0.497 e. The summed E-state index contributed by atoms with van der Waals surface area (Å²) in [6, 6.07) is 13.5. The number of hydrogen-bond donors (Lipinski definition) is 2. The first-order valence-corrected chi connectivity index (χ1v) is 12.2. The van der Waals surface area contributed by atoms with Crippen LogP contribution in [0.25, 0.3) is 0 Å². The molecule has 0 saturated carbocycles. The van der Waals surface area contributed by atoms with Gasteiger partial charge in [0.05, 0.1) is 7.11 Å². The van der Waals surface area contributed by atoms with Crippen molar-refractivity contribution in [3.8, 4) is 30.6 Å². The summed E-state index contributed by atoms with van der Waals surface area (Å²) in [7, 11) is 1.54. The fourth-order valence-electron chi connectivity index (χ4n) is 3.60. The average Bonchev–Trinajstić information content (AvgIpc) is 2.89. The molecule has 200 valence electrons. The lowest BCUT2D eigenvalue weighted by atomic mass is 9.96. The average molecular weight is 518 g/mol. The molecule has 2 aromatic carbocycles. The van der Waals surface area contributed by atoms with Crippen molar-refractivity contribution in [3.63, 3.8) is 0 Å². The van der Waals surface area contributed by atoms with Crippen molar-refractivity contribution in [2.45, 2.75) is 58.7 Å². The molecule has 3 atom stereocenters. The lowest BCUT2D eigenvalue weighted by Crippen LogP contribution is -2.53. The molecule has 3 amide bonds. The molecule has 0 aliphatic rings. The Morgan fingerprint density at radius 3 is 2.11 bits per heavy atom. The summed E-state index contributed by atoms with van der Waals surface area (Å²) in [5.41, 5.74) is 0.765. The first-order valence-electron chi connectivity index (χ1n) is 12.2. The fraction of sp³-hybridized carbons (Fsp3) is 0.367. The first kappa shape index (κ1) is 29.8. The largest absolute Gasteiger partial charge is 0.497 e. The van der Waals surface area contributed by atoms with Crippen LogP contribution in [0.5, 0.6) is 5.75 Å². The van der Waals surface area contributed by atoms with Gasteiger partial charge in [0.2, 0.25) is 0 Å². The van der Waals surface area contributed by atoms with Gasteiger partial charge in [0.1, 0.15) is 23.4 Å². The quantitative estimate of drug-likeness (QED) is 0.371. The van der Waals surface area contributed by atoms with Crippen molar-refractivity contribution in [1.29, 1.82) is 0 Å². The van der Waals surface area contributed by atoms with E-state index < -0.39 is 35.6 Å². The molecule has 0 heterocycles. The molecular weight excluding hydrogens is 482 g/mol. The Bertz CT molecular complexity index is 1200. The Morgan fingerprint density at radius 1 is 1.03 bits per heavy atom. The van der Waals surface area contributed by atoms with Crippen LogP contribution in [-0.2, 0) is 14.3 Å². The molecule has 0 aliphatic heterocycles. The summed E-state index contributed by atoms with van der Waals surface area (Å²) >= 11 is 0. The van der Waals surface area contributed by atoms with Crippen LogP contribution in [0.15, 0.2) is 48.5 Å². The van der Waals surface area contributed by atoms with Crippen molar-refractivity contribution in [3.05, 3.63) is 59.7 Å². The molecule has 8 nitrogen and oxygen atoms in total. The second-order valence-corrected chi connectivity index (χ2v) is 9.73. The zero-order valence-electron chi connectivity index (χ0n) is 22.7. The summed E-state index contributed by atoms with van der Waals surface area (Å²) in [5.74, 6) is 1.67. The van der Waals surface area contributed by atoms with E-state index in [9.17, 15) is 14.4 Å². The molecule has 3 unspecified atom stereocenters. The van der Waals surface area contributed by atoms with Gasteiger partial charge in [0.25, 0.3) is 11.8 Å². The van der Waals surface area contributed by atoms with Gasteiger partial charge in [0, 0.05) is 17.3 Å². The van der Waals surface area contributed by atoms with Gasteiger partial charge in [-0.15, -0.1) is 6.42 Å². The van der Waals surface area contributed by atoms with Crippen molar-refractivity contribution in [2.75, 3.05) is 12.4 Å². The zero-order chi connectivity index (χ0) is 28.5. The van der Waals surface area contributed by atoms with Crippen LogP contribution in [-0.4, -0.2) is 41.6 Å². The smallest absolute Gasteiger partial charge is 0.408 e. The van der Waals surface area contributed by atoms with E-state index in [-0.39, 0.29) is 5.92 Å². The van der Waals surface area contributed by atoms with E-state index in [2.05, 4.69) is 22.6 Å². The number of rotatable bonds is 9. The third kappa shape index (κ3) is 8.04. The van der Waals surface area contributed by atoms with Crippen LogP contribution in [0, 0.1) is 30.7 Å². The van der Waals surface area contributed by atoms with Crippen LogP contribution >= 0.6 is 0 Å². The second-order valence-electron chi connectivity index (χ2n) is 9.73. The molecule has 2 rings (SSSR count). The van der Waals surface area contributed by atoms with Gasteiger partial charge >= 0.3 is 6.09 Å². The first-order chi connectivity index (χ1) is 17.9. The number of benzene rings is 2. The van der Waals surface area contributed by atoms with Crippen molar-refractivity contribution < 1.29 is 23.9 Å². The molecule has 38 heavy (non-hydrogen) atoms. The summed E-state index contributed by atoms with van der Waals surface area (Å²) in [5, 5.41) is 5.45. The number of amides is 3. The van der Waals surface area contributed by atoms with Gasteiger partial charge in [-0.2, -0.15) is 0 Å². The van der Waals surface area contributed by atoms with Crippen LogP contribution in [0.3, 0.4) is 0 Å². The number of carbonyl (C=O) groups excluding carboxylic acids is 3. The van der Waals surface area contributed by atoms with Crippen LogP contribution in [0.4, 0.5) is 10.5 Å². The standard InChI is InChI=1S/C30H35N3O5/c1-9-20(4)25(32-29(36)38-30(5,6)7)28(35)33(11-3)26(22-14-12-21(10-2)13-15-22)27(34)31-23-16-18-24(37-8)19-17-23/h2-3,12-20,25-26H,9H2,1,4-8H3,(H,31,34)(H,32,36). The SMILES string of the molecule is C#Cc1ccc(C(C(=O)Nc2ccc(OC)cc2)N(C#C)C(=O)C(NC(=O)OC(C)(C)C)C(C)CC)cc1. The highest BCUT2D eigenvalue weighted by Gasteiger charge is 2.37. The third-order valence-corrected chi connectivity index (χ3v) is 5.78. The van der Waals surface area contributed by atoms with Gasteiger partial charge in [-0.1, -0.05) is 44.7 Å². The topological polar surface area (TPSA) is 97.0 Å². The lowest BCUT2D eigenvalue weighted by molar-refractivity contribution is -0.137. The highest BCUT2D eigenvalue weighted by Crippen LogP contribution is 2.26. The van der Waals surface area contributed by atoms with E-state index in [0.29, 0.717) is 29.0 Å². The highest BCUT2D eigenvalue weighted by molar-refractivity contribution is 5.99. The number of anilines is 1. The van der Waals surface area contributed by atoms with E-state index in [1.165, 1.54) is 0 Å². The Kier molecular flexibility index (Phi) is 10.4. The Morgan fingerprint density at radius 2 is 1.63 bits per heavy atom. The fourth-order valence-corrected chi connectivity index (χ4v) is 3.60. The predicted molar refractivity (Wildman–Crippen MR) is 147 cm³/mol. The molecule has 0 bridgehead atoms. The van der Waals surface area contributed by atoms with Crippen LogP contribution < -0.4 is 15.4 Å². The summed E-state index contributed by atoms with van der Waals surface area (Å²) < 4.78 is 10.5. The number of alkyl carbamates (subject to hydrolysis) is 1. The number of nitrogens with zero attached hydrogens (tertiary/aromatic N) is 1. The normalized spacial score (nSPS) is 13.1. The van der Waals surface area contributed by atoms with Crippen molar-refractivity contribution in [2.24, 2.45) is 5.92 Å². The molecular formula is C30H35N3O5. The van der Waals surface area contributed by atoms with E-state index in [4.69, 9.17) is 22.3 Å². The molecule has 0 radical (unpaired) electrons. The number of methoxy groups -OCH3 is 1. The molecule has 0 fully saturated rings. The molecule has 0 saturated heterocycles. The lowest BCUT2D eigenvalue weighted by Gasteiger charge is -2.32. The Balaban J connectivity index is 2.48. The third-order valence-electron chi connectivity index (χ3n) is 5.78. The second kappa shape index (κ2) is 13.2. The number of terminal acetylenes is 2. The minimum absolute atomic E-state index is 0.306. The van der Waals surface area contributed by atoms with Crippen LogP contribution in [0.1, 0.15) is 58.2 Å². The molecule has 0 aliphatic carbocycles. The van der Waals surface area contributed by atoms with Gasteiger partial charge in [-0.25, -0.2) is 4.79 Å². The Labute approximate surface area is 225 Å². The maximum Gasteiger partial charge on any atom is 0.408 e. The van der Waals surface area contributed by atoms with Gasteiger partial charge in [-0.05, 0) is 68.7 Å². The van der Waals surface area contributed by atoms with Crippen molar-refractivity contribution >= 4 is 23.6 Å². The van der Waals surface area contributed by atoms with Gasteiger partial charge in [0.15, 0.2) is 0 Å². The molecule has 2 N–H and O–H groups in total. The number of nitrogens with one attached hydrogen (secondary N) is 2. The Hall–Kier alpha value is -4.43. The monoisotopic (exact) mass is 517 g/mol. The summed E-state index contributed by atoms with van der Waals surface area (Å²) in [4.78, 5) is 41.0. The number of carbonyl (C=O) groups is 3. The minimum atomic E-state index is -1.21. The van der Waals surface area contributed by atoms with Crippen molar-refractivity contribution in [1.82, 2.24) is 10.2 Å². The molecule has 2 aromatic rings. The maximum atomic E-state index is 13.8.